The third-order valence-electron chi connectivity index (χ3n) is 5.80. The van der Waals surface area contributed by atoms with E-state index in [1.807, 2.05) is 0 Å². The van der Waals surface area contributed by atoms with E-state index in [0.29, 0.717) is 0 Å². The van der Waals surface area contributed by atoms with E-state index < -0.39 is 82.8 Å². The number of carbonyl (C=O) groups is 6. The minimum absolute atomic E-state index is 0.693. The van der Waals surface area contributed by atoms with Gasteiger partial charge in [-0.1, -0.05) is 0 Å². The van der Waals surface area contributed by atoms with Gasteiger partial charge in [-0.2, -0.15) is 0 Å². The van der Waals surface area contributed by atoms with Gasteiger partial charge in [-0.15, -0.1) is 0 Å². The Morgan fingerprint density at radius 2 is 1.38 bits per heavy atom. The van der Waals surface area contributed by atoms with Crippen LogP contribution in [0.5, 0.6) is 0 Å². The third kappa shape index (κ3) is 1.37. The van der Waals surface area contributed by atoms with Crippen LogP contribution in [0.4, 0.5) is 0 Å². The molecule has 0 aromatic heterocycles. The van der Waals surface area contributed by atoms with Gasteiger partial charge in [-0.25, -0.2) is 0 Å². The standard InChI is InChI=1S/C14H12O10/c15-6-4-1-12(9(19)20)2-13(6,10(21)22)3-14(8(12)18,11(23)24)5(4)7(16)17/h4-5H,1-3H2,(H,16,17)(H,19,20)(H,21,22)(H,23,24). The van der Waals surface area contributed by atoms with Crippen molar-refractivity contribution < 1.29 is 49.2 Å². The SMILES string of the molecule is O=C(O)C1C2CC3(C(=O)O)CC(C(=O)O)(CC1(C(=O)O)C3=O)C2=O. The van der Waals surface area contributed by atoms with Crippen LogP contribution >= 0.6 is 0 Å². The molecule has 0 aromatic carbocycles. The second-order valence-corrected chi connectivity index (χ2v) is 6.72. The van der Waals surface area contributed by atoms with Crippen molar-refractivity contribution in [1.82, 2.24) is 0 Å². The molecule has 10 nitrogen and oxygen atoms in total. The fraction of sp³-hybridized carbons (Fsp3) is 0.571. The topological polar surface area (TPSA) is 183 Å². The van der Waals surface area contributed by atoms with Gasteiger partial charge >= 0.3 is 23.9 Å². The van der Waals surface area contributed by atoms with Gasteiger partial charge in [0, 0.05) is 5.92 Å². The van der Waals surface area contributed by atoms with Crippen LogP contribution in [0.3, 0.4) is 0 Å². The molecule has 0 aliphatic heterocycles. The normalized spacial score (nSPS) is 42.8. The highest BCUT2D eigenvalue weighted by atomic mass is 16.4. The first-order valence-corrected chi connectivity index (χ1v) is 6.99. The molecule has 10 heteroatoms. The van der Waals surface area contributed by atoms with Crippen LogP contribution < -0.4 is 0 Å². The second kappa shape index (κ2) is 4.19. The maximum Gasteiger partial charge on any atom is 0.318 e. The summed E-state index contributed by atoms with van der Waals surface area (Å²) in [4.78, 5) is 72.1. The second-order valence-electron chi connectivity index (χ2n) is 6.72. The molecule has 4 N–H and O–H groups in total. The summed E-state index contributed by atoms with van der Waals surface area (Å²) in [5.41, 5.74) is -7.49. The van der Waals surface area contributed by atoms with E-state index in [1.54, 1.807) is 0 Å². The van der Waals surface area contributed by atoms with E-state index in [9.17, 15) is 49.2 Å². The van der Waals surface area contributed by atoms with Crippen LogP contribution in [0.1, 0.15) is 19.3 Å². The first-order chi connectivity index (χ1) is 11.0. The van der Waals surface area contributed by atoms with Crippen molar-refractivity contribution in [3.05, 3.63) is 0 Å². The molecular formula is C14H12O10. The molecule has 4 bridgehead atoms. The summed E-state index contributed by atoms with van der Waals surface area (Å²) >= 11 is 0. The highest BCUT2D eigenvalue weighted by Crippen LogP contribution is 2.68. The van der Waals surface area contributed by atoms with E-state index >= 15 is 0 Å². The average molecular weight is 340 g/mol. The molecule has 0 radical (unpaired) electrons. The molecule has 0 heterocycles. The smallest absolute Gasteiger partial charge is 0.318 e. The van der Waals surface area contributed by atoms with Crippen LogP contribution in [0, 0.1) is 28.1 Å². The number of aliphatic carboxylic acids is 4. The molecule has 0 spiro atoms. The van der Waals surface area contributed by atoms with Crippen molar-refractivity contribution in [2.75, 3.05) is 0 Å². The number of carbonyl (C=O) groups excluding carboxylic acids is 2. The Bertz CT molecular complexity index is 739. The molecular weight excluding hydrogens is 328 g/mol. The van der Waals surface area contributed by atoms with Crippen LogP contribution in [-0.4, -0.2) is 55.9 Å². The number of hydrogen-bond acceptors (Lipinski definition) is 6. The van der Waals surface area contributed by atoms with Gasteiger partial charge in [-0.05, 0) is 19.3 Å². The van der Waals surface area contributed by atoms with Gasteiger partial charge in [-0.3, -0.25) is 28.8 Å². The van der Waals surface area contributed by atoms with Crippen molar-refractivity contribution in [2.24, 2.45) is 28.1 Å². The quantitative estimate of drug-likeness (QED) is 0.456. The summed E-state index contributed by atoms with van der Waals surface area (Å²) in [6.07, 6.45) is -2.58. The summed E-state index contributed by atoms with van der Waals surface area (Å²) < 4.78 is 0. The Hall–Kier alpha value is -2.78. The first-order valence-electron chi connectivity index (χ1n) is 6.99. The summed E-state index contributed by atoms with van der Waals surface area (Å²) in [5.74, 6) is -13.1. The predicted molar refractivity (Wildman–Crippen MR) is 68.7 cm³/mol. The fourth-order valence-corrected chi connectivity index (χ4v) is 4.87. The lowest BCUT2D eigenvalue weighted by Gasteiger charge is -2.61. The number of carboxylic acids is 4. The van der Waals surface area contributed by atoms with Crippen LogP contribution in [0.2, 0.25) is 0 Å². The zero-order valence-electron chi connectivity index (χ0n) is 12.0. The molecule has 4 aliphatic carbocycles. The molecule has 4 aliphatic rings. The molecule has 0 saturated heterocycles. The van der Waals surface area contributed by atoms with E-state index in [0.717, 1.165) is 0 Å². The van der Waals surface area contributed by atoms with Crippen molar-refractivity contribution in [3.63, 3.8) is 0 Å². The van der Waals surface area contributed by atoms with Crippen LogP contribution in [0.25, 0.3) is 0 Å². The molecule has 0 amide bonds. The number of rotatable bonds is 4. The Labute approximate surface area is 133 Å². The van der Waals surface area contributed by atoms with Crippen molar-refractivity contribution >= 4 is 35.4 Å². The van der Waals surface area contributed by atoms with E-state index in [-0.39, 0.29) is 0 Å². The van der Waals surface area contributed by atoms with Gasteiger partial charge in [0.25, 0.3) is 0 Å². The number of carboxylic acid groups (broad SMARTS) is 4. The lowest BCUT2D eigenvalue weighted by molar-refractivity contribution is -0.216. The minimum atomic E-state index is -2.74. The Morgan fingerprint density at radius 1 is 0.833 bits per heavy atom. The molecule has 0 aromatic rings. The van der Waals surface area contributed by atoms with Crippen molar-refractivity contribution in [3.8, 4) is 0 Å². The largest absolute Gasteiger partial charge is 0.481 e. The van der Waals surface area contributed by atoms with Crippen molar-refractivity contribution in [1.29, 1.82) is 0 Å². The van der Waals surface area contributed by atoms with Gasteiger partial charge in [0.1, 0.15) is 16.2 Å². The highest BCUT2D eigenvalue weighted by molar-refractivity contribution is 6.24. The molecule has 5 atom stereocenters. The summed E-state index contributed by atoms with van der Waals surface area (Å²) in [6, 6.07) is 0. The maximum atomic E-state index is 12.8. The van der Waals surface area contributed by atoms with Gasteiger partial charge < -0.3 is 20.4 Å². The number of hydrogen-bond donors (Lipinski definition) is 4. The van der Waals surface area contributed by atoms with Crippen LogP contribution in [0.15, 0.2) is 0 Å². The molecule has 5 unspecified atom stereocenters. The summed E-state index contributed by atoms with van der Waals surface area (Å²) in [6.45, 7) is 0. The molecule has 128 valence electrons. The molecule has 4 saturated carbocycles. The highest BCUT2D eigenvalue weighted by Gasteiger charge is 2.83. The number of ketones is 2. The van der Waals surface area contributed by atoms with Gasteiger partial charge in [0.15, 0.2) is 11.6 Å². The molecule has 4 fully saturated rings. The van der Waals surface area contributed by atoms with E-state index in [1.165, 1.54) is 0 Å². The number of Topliss-reactive ketones (excluding diaryl/α,β-unsaturated/α-hetero) is 2. The fourth-order valence-electron chi connectivity index (χ4n) is 4.87. The lowest BCUT2D eigenvalue weighted by Crippen LogP contribution is -2.76. The first kappa shape index (κ1) is 16.1. The Kier molecular flexibility index (Phi) is 2.81. The Morgan fingerprint density at radius 3 is 1.79 bits per heavy atom. The monoisotopic (exact) mass is 340 g/mol. The van der Waals surface area contributed by atoms with Crippen LogP contribution in [-0.2, 0) is 28.8 Å². The maximum absolute atomic E-state index is 12.8. The summed E-state index contributed by atoms with van der Waals surface area (Å²) in [5, 5.41) is 37.9. The van der Waals surface area contributed by atoms with E-state index in [2.05, 4.69) is 0 Å². The van der Waals surface area contributed by atoms with Gasteiger partial charge in [0.05, 0.1) is 5.92 Å². The average Bonchev–Trinajstić information content (AvgIpc) is 2.45. The predicted octanol–water partition coefficient (Wildman–Crippen LogP) is -1.13. The molecule has 4 rings (SSSR count). The lowest BCUT2D eigenvalue weighted by atomic mass is 9.35. The summed E-state index contributed by atoms with van der Waals surface area (Å²) in [7, 11) is 0. The van der Waals surface area contributed by atoms with Gasteiger partial charge in [0.2, 0.25) is 0 Å². The third-order valence-corrected chi connectivity index (χ3v) is 5.80. The zero-order chi connectivity index (χ0) is 18.2. The van der Waals surface area contributed by atoms with Crippen molar-refractivity contribution in [2.45, 2.75) is 19.3 Å². The minimum Gasteiger partial charge on any atom is -0.481 e. The molecule has 24 heavy (non-hydrogen) atoms. The van der Waals surface area contributed by atoms with E-state index in [4.69, 9.17) is 0 Å². The Balaban J connectivity index is 2.38. The zero-order valence-corrected chi connectivity index (χ0v) is 12.0.